The van der Waals surface area contributed by atoms with Gasteiger partial charge in [-0.3, -0.25) is 9.59 Å². The average Bonchev–Trinajstić information content (AvgIpc) is 3.02. The third-order valence-corrected chi connectivity index (χ3v) is 5.75. The van der Waals surface area contributed by atoms with Crippen LogP contribution in [0.2, 0.25) is 0 Å². The zero-order valence-corrected chi connectivity index (χ0v) is 14.2. The van der Waals surface area contributed by atoms with Crippen molar-refractivity contribution in [2.75, 3.05) is 18.8 Å². The number of nitrogens with zero attached hydrogens (tertiary/aromatic N) is 1. The zero-order valence-electron chi connectivity index (χ0n) is 13.4. The summed E-state index contributed by atoms with van der Waals surface area (Å²) in [4.78, 5) is 35.6. The first-order valence-electron chi connectivity index (χ1n) is 8.19. The molecule has 130 valence electrons. The molecule has 0 spiro atoms. The van der Waals surface area contributed by atoms with Crippen molar-refractivity contribution in [3.05, 3.63) is 0 Å². The van der Waals surface area contributed by atoms with E-state index in [-0.39, 0.29) is 30.6 Å². The normalized spacial score (nSPS) is 25.6. The Kier molecular flexibility index (Phi) is 6.56. The second kappa shape index (κ2) is 8.42. The number of hydrogen-bond donors (Lipinski definition) is 3. The maximum absolute atomic E-state index is 12.1. The largest absolute Gasteiger partial charge is 0.480 e. The molecule has 2 rings (SSSR count). The minimum Gasteiger partial charge on any atom is -0.480 e. The van der Waals surface area contributed by atoms with Crippen LogP contribution in [0.4, 0.5) is 4.79 Å². The molecule has 2 aliphatic heterocycles. The lowest BCUT2D eigenvalue weighted by molar-refractivity contribution is -0.144. The van der Waals surface area contributed by atoms with Gasteiger partial charge in [0.2, 0.25) is 5.91 Å². The van der Waals surface area contributed by atoms with Crippen molar-refractivity contribution in [1.29, 1.82) is 0 Å². The summed E-state index contributed by atoms with van der Waals surface area (Å²) < 4.78 is 0. The number of rotatable bonds is 9. The lowest BCUT2D eigenvalue weighted by Gasteiger charge is -2.20. The van der Waals surface area contributed by atoms with E-state index < -0.39 is 5.97 Å². The molecule has 2 fully saturated rings. The molecular weight excluding hydrogens is 318 g/mol. The Morgan fingerprint density at radius 2 is 2.13 bits per heavy atom. The highest BCUT2D eigenvalue weighted by atomic mass is 32.2. The van der Waals surface area contributed by atoms with E-state index in [0.717, 1.165) is 31.4 Å². The standard InChI is InChI=1S/C15H25N3O4S/c1-2-7-18(8-13(20)21)12(19)6-4-3-5-11-14-10(9-23-11)16-15(22)17-14/h10-11,14H,2-9H2,1H3,(H,20,21)(H2,16,17,22)/t10-,11-,14-/m0/s1. The summed E-state index contributed by atoms with van der Waals surface area (Å²) in [7, 11) is 0. The Hall–Kier alpha value is -1.44. The van der Waals surface area contributed by atoms with E-state index in [0.29, 0.717) is 18.2 Å². The van der Waals surface area contributed by atoms with Crippen molar-refractivity contribution < 1.29 is 19.5 Å². The molecule has 0 saturated carbocycles. The second-order valence-electron chi connectivity index (χ2n) is 6.08. The number of hydrogen-bond acceptors (Lipinski definition) is 4. The molecule has 23 heavy (non-hydrogen) atoms. The summed E-state index contributed by atoms with van der Waals surface area (Å²) >= 11 is 1.87. The summed E-state index contributed by atoms with van der Waals surface area (Å²) in [5, 5.41) is 15.1. The van der Waals surface area contributed by atoms with Crippen LogP contribution in [0.5, 0.6) is 0 Å². The van der Waals surface area contributed by atoms with Crippen LogP contribution in [0.25, 0.3) is 0 Å². The minimum atomic E-state index is -0.968. The Bertz CT molecular complexity index is 460. The molecule has 0 aromatic heterocycles. The fourth-order valence-electron chi connectivity index (χ4n) is 3.15. The van der Waals surface area contributed by atoms with Crippen molar-refractivity contribution in [1.82, 2.24) is 15.5 Å². The van der Waals surface area contributed by atoms with Gasteiger partial charge >= 0.3 is 12.0 Å². The topological polar surface area (TPSA) is 98.7 Å². The maximum atomic E-state index is 12.1. The highest BCUT2D eigenvalue weighted by Gasteiger charge is 2.42. The van der Waals surface area contributed by atoms with Crippen LogP contribution in [0.15, 0.2) is 0 Å². The van der Waals surface area contributed by atoms with Crippen molar-refractivity contribution in [3.8, 4) is 0 Å². The number of amides is 3. The quantitative estimate of drug-likeness (QED) is 0.429. The molecule has 0 bridgehead atoms. The third kappa shape index (κ3) is 5.02. The number of carboxylic acids is 1. The van der Waals surface area contributed by atoms with Gasteiger partial charge in [0, 0.05) is 24.0 Å². The molecule has 0 aromatic carbocycles. The SMILES string of the molecule is CCCN(CC(=O)O)C(=O)CCCC[C@@H]1SC[C@@H]2NC(=O)N[C@@H]21. The first-order chi connectivity index (χ1) is 11.0. The van der Waals surface area contributed by atoms with E-state index in [9.17, 15) is 14.4 Å². The first kappa shape index (κ1) is 17.9. The number of carbonyl (C=O) groups excluding carboxylic acids is 2. The lowest BCUT2D eigenvalue weighted by Crippen LogP contribution is -2.37. The van der Waals surface area contributed by atoms with Crippen molar-refractivity contribution in [2.24, 2.45) is 0 Å². The molecular formula is C15H25N3O4S. The Balaban J connectivity index is 1.67. The van der Waals surface area contributed by atoms with Gasteiger partial charge < -0.3 is 20.6 Å². The predicted octanol–water partition coefficient (Wildman–Crippen LogP) is 1.04. The highest BCUT2D eigenvalue weighted by molar-refractivity contribution is 8.00. The lowest BCUT2D eigenvalue weighted by atomic mass is 10.0. The molecule has 3 atom stereocenters. The fourth-order valence-corrected chi connectivity index (χ4v) is 4.69. The van der Waals surface area contributed by atoms with Crippen LogP contribution in [0.1, 0.15) is 39.0 Å². The number of aliphatic carboxylic acids is 1. The van der Waals surface area contributed by atoms with Crippen LogP contribution < -0.4 is 10.6 Å². The number of carboxylic acid groups (broad SMARTS) is 1. The number of carbonyl (C=O) groups is 3. The smallest absolute Gasteiger partial charge is 0.323 e. The summed E-state index contributed by atoms with van der Waals surface area (Å²) in [6.45, 7) is 2.21. The van der Waals surface area contributed by atoms with Gasteiger partial charge in [0.25, 0.3) is 0 Å². The number of unbranched alkanes of at least 4 members (excludes halogenated alkanes) is 1. The summed E-state index contributed by atoms with van der Waals surface area (Å²) in [6.07, 6.45) is 3.79. The fraction of sp³-hybridized carbons (Fsp3) is 0.800. The molecule has 2 aliphatic rings. The molecule has 0 aromatic rings. The van der Waals surface area contributed by atoms with Gasteiger partial charge in [-0.15, -0.1) is 0 Å². The zero-order chi connectivity index (χ0) is 16.8. The van der Waals surface area contributed by atoms with Crippen LogP contribution in [0, 0.1) is 0 Å². The molecule has 2 heterocycles. The van der Waals surface area contributed by atoms with Gasteiger partial charge in [-0.2, -0.15) is 11.8 Å². The summed E-state index contributed by atoms with van der Waals surface area (Å²) in [5.41, 5.74) is 0. The number of fused-ring (bicyclic) bond motifs is 1. The van der Waals surface area contributed by atoms with E-state index in [1.54, 1.807) is 0 Å². The molecule has 2 saturated heterocycles. The van der Waals surface area contributed by atoms with Crippen molar-refractivity contribution in [3.63, 3.8) is 0 Å². The summed E-state index contributed by atoms with van der Waals surface area (Å²) in [6, 6.07) is 0.353. The molecule has 0 unspecified atom stereocenters. The maximum Gasteiger partial charge on any atom is 0.323 e. The van der Waals surface area contributed by atoms with E-state index in [1.807, 2.05) is 18.7 Å². The molecule has 3 N–H and O–H groups in total. The van der Waals surface area contributed by atoms with Gasteiger partial charge in [-0.05, 0) is 19.3 Å². The summed E-state index contributed by atoms with van der Waals surface area (Å²) in [5.74, 6) is -0.109. The van der Waals surface area contributed by atoms with Crippen LogP contribution >= 0.6 is 11.8 Å². The Morgan fingerprint density at radius 3 is 2.83 bits per heavy atom. The van der Waals surface area contributed by atoms with Gasteiger partial charge in [0.1, 0.15) is 6.54 Å². The van der Waals surface area contributed by atoms with Gasteiger partial charge in [-0.1, -0.05) is 13.3 Å². The van der Waals surface area contributed by atoms with Crippen LogP contribution in [-0.4, -0.2) is 64.1 Å². The third-order valence-electron chi connectivity index (χ3n) is 4.24. The van der Waals surface area contributed by atoms with E-state index in [1.165, 1.54) is 4.90 Å². The van der Waals surface area contributed by atoms with Crippen LogP contribution in [0.3, 0.4) is 0 Å². The molecule has 3 amide bonds. The van der Waals surface area contributed by atoms with E-state index >= 15 is 0 Å². The minimum absolute atomic E-state index is 0.0793. The molecule has 7 nitrogen and oxygen atoms in total. The Morgan fingerprint density at radius 1 is 1.35 bits per heavy atom. The molecule has 8 heteroatoms. The van der Waals surface area contributed by atoms with Gasteiger partial charge in [-0.25, -0.2) is 4.79 Å². The number of thioether (sulfide) groups is 1. The monoisotopic (exact) mass is 343 g/mol. The first-order valence-corrected chi connectivity index (χ1v) is 9.24. The van der Waals surface area contributed by atoms with Gasteiger partial charge in [0.05, 0.1) is 12.1 Å². The molecule has 0 aliphatic carbocycles. The Labute approximate surface area is 140 Å². The van der Waals surface area contributed by atoms with Crippen LogP contribution in [-0.2, 0) is 9.59 Å². The van der Waals surface area contributed by atoms with Crippen molar-refractivity contribution in [2.45, 2.75) is 56.4 Å². The number of urea groups is 1. The second-order valence-corrected chi connectivity index (χ2v) is 7.35. The van der Waals surface area contributed by atoms with Crippen molar-refractivity contribution >= 4 is 29.7 Å². The number of nitrogens with one attached hydrogen (secondary N) is 2. The van der Waals surface area contributed by atoms with E-state index in [4.69, 9.17) is 5.11 Å². The van der Waals surface area contributed by atoms with Gasteiger partial charge in [0.15, 0.2) is 0 Å². The highest BCUT2D eigenvalue weighted by Crippen LogP contribution is 2.33. The predicted molar refractivity (Wildman–Crippen MR) is 88.5 cm³/mol. The van der Waals surface area contributed by atoms with E-state index in [2.05, 4.69) is 10.6 Å². The molecule has 0 radical (unpaired) electrons. The average molecular weight is 343 g/mol.